The fraction of sp³-hybridized carbons (Fsp3) is 0.333. The highest BCUT2D eigenvalue weighted by Gasteiger charge is 2.16. The fourth-order valence-corrected chi connectivity index (χ4v) is 3.70. The van der Waals surface area contributed by atoms with Crippen LogP contribution in [0.25, 0.3) is 0 Å². The van der Waals surface area contributed by atoms with Gasteiger partial charge >= 0.3 is 0 Å². The van der Waals surface area contributed by atoms with Gasteiger partial charge in [0.1, 0.15) is 5.75 Å². The molecule has 0 amide bonds. The Morgan fingerprint density at radius 2 is 2.06 bits per heavy atom. The average Bonchev–Trinajstić information content (AvgIpc) is 2.84. The van der Waals surface area contributed by atoms with E-state index >= 15 is 0 Å². The Kier molecular flexibility index (Phi) is 3.33. The van der Waals surface area contributed by atoms with Gasteiger partial charge in [-0.1, -0.05) is 0 Å². The fourth-order valence-electron chi connectivity index (χ4n) is 1.70. The molecule has 2 heterocycles. The molecule has 2 N–H and O–H groups in total. The van der Waals surface area contributed by atoms with E-state index in [0.717, 1.165) is 10.6 Å². The van der Waals surface area contributed by atoms with Crippen LogP contribution in [0.2, 0.25) is 0 Å². The Hall–Kier alpha value is -0.840. The molecule has 0 fully saturated rings. The zero-order chi connectivity index (χ0) is 11.7. The third-order valence-corrected chi connectivity index (χ3v) is 4.73. The number of thiophene rings is 2. The van der Waals surface area contributed by atoms with E-state index in [1.54, 1.807) is 29.8 Å². The summed E-state index contributed by atoms with van der Waals surface area (Å²) in [6, 6.07) is 4.18. The van der Waals surface area contributed by atoms with Crippen LogP contribution in [0.3, 0.4) is 0 Å². The maximum atomic E-state index is 6.26. The summed E-state index contributed by atoms with van der Waals surface area (Å²) in [6.07, 6.45) is 0. The van der Waals surface area contributed by atoms with E-state index in [2.05, 4.69) is 19.9 Å². The molecule has 2 nitrogen and oxygen atoms in total. The van der Waals surface area contributed by atoms with E-state index in [0.29, 0.717) is 0 Å². The first-order chi connectivity index (χ1) is 7.61. The number of aryl methyl sites for hydroxylation is 2. The summed E-state index contributed by atoms with van der Waals surface area (Å²) in [5.41, 5.74) is 7.54. The van der Waals surface area contributed by atoms with Crippen molar-refractivity contribution in [1.29, 1.82) is 0 Å². The Morgan fingerprint density at radius 1 is 1.31 bits per heavy atom. The van der Waals surface area contributed by atoms with Gasteiger partial charge in [0.15, 0.2) is 0 Å². The monoisotopic (exact) mass is 253 g/mol. The second-order valence-corrected chi connectivity index (χ2v) is 6.00. The predicted octanol–water partition coefficient (Wildman–Crippen LogP) is 3.48. The zero-order valence-corrected chi connectivity index (χ0v) is 11.2. The van der Waals surface area contributed by atoms with Gasteiger partial charge in [-0.05, 0) is 31.5 Å². The first kappa shape index (κ1) is 11.6. The first-order valence-electron chi connectivity index (χ1n) is 5.06. The standard InChI is InChI=1S/C12H15NOS2/c1-7-4-8(2)16-12(7)11(13)10-5-9(14-3)6-15-10/h4-6,11H,13H2,1-3H3. The third-order valence-electron chi connectivity index (χ3n) is 2.50. The molecule has 0 radical (unpaired) electrons. The van der Waals surface area contributed by atoms with Crippen molar-refractivity contribution in [3.05, 3.63) is 37.7 Å². The van der Waals surface area contributed by atoms with Crippen LogP contribution < -0.4 is 10.5 Å². The maximum absolute atomic E-state index is 6.26. The Balaban J connectivity index is 2.31. The average molecular weight is 253 g/mol. The molecular formula is C12H15NOS2. The molecule has 0 bridgehead atoms. The van der Waals surface area contributed by atoms with Gasteiger partial charge in [0.2, 0.25) is 0 Å². The molecule has 0 aromatic carbocycles. The minimum Gasteiger partial charge on any atom is -0.496 e. The lowest BCUT2D eigenvalue weighted by molar-refractivity contribution is 0.416. The van der Waals surface area contributed by atoms with Gasteiger partial charge < -0.3 is 10.5 Å². The van der Waals surface area contributed by atoms with Crippen molar-refractivity contribution < 1.29 is 4.74 Å². The van der Waals surface area contributed by atoms with Gasteiger partial charge in [0.05, 0.1) is 13.2 Å². The molecule has 16 heavy (non-hydrogen) atoms. The molecule has 0 saturated heterocycles. The molecule has 1 unspecified atom stereocenters. The number of nitrogens with two attached hydrogens (primary N) is 1. The normalized spacial score (nSPS) is 12.8. The number of ether oxygens (including phenoxy) is 1. The third kappa shape index (κ3) is 2.14. The van der Waals surface area contributed by atoms with Gasteiger partial charge in [-0.15, -0.1) is 22.7 Å². The molecule has 86 valence electrons. The minimum atomic E-state index is -0.0207. The van der Waals surface area contributed by atoms with Gasteiger partial charge in [-0.3, -0.25) is 0 Å². The number of hydrogen-bond acceptors (Lipinski definition) is 4. The van der Waals surface area contributed by atoms with Gasteiger partial charge in [-0.25, -0.2) is 0 Å². The van der Waals surface area contributed by atoms with Crippen molar-refractivity contribution in [2.45, 2.75) is 19.9 Å². The lowest BCUT2D eigenvalue weighted by Gasteiger charge is -2.08. The van der Waals surface area contributed by atoms with Crippen molar-refractivity contribution in [1.82, 2.24) is 0 Å². The smallest absolute Gasteiger partial charge is 0.129 e. The van der Waals surface area contributed by atoms with E-state index in [1.807, 2.05) is 11.4 Å². The molecule has 2 aromatic rings. The summed E-state index contributed by atoms with van der Waals surface area (Å²) >= 11 is 3.43. The number of rotatable bonds is 3. The van der Waals surface area contributed by atoms with E-state index in [4.69, 9.17) is 10.5 Å². The van der Waals surface area contributed by atoms with E-state index in [-0.39, 0.29) is 6.04 Å². The topological polar surface area (TPSA) is 35.2 Å². The van der Waals surface area contributed by atoms with E-state index in [1.165, 1.54) is 15.3 Å². The Labute approximate surface area is 104 Å². The molecule has 0 spiro atoms. The van der Waals surface area contributed by atoms with Crippen molar-refractivity contribution in [2.75, 3.05) is 7.11 Å². The molecule has 4 heteroatoms. The number of methoxy groups -OCH3 is 1. The predicted molar refractivity (Wildman–Crippen MR) is 70.7 cm³/mol. The lowest BCUT2D eigenvalue weighted by atomic mass is 10.1. The quantitative estimate of drug-likeness (QED) is 0.909. The molecule has 2 rings (SSSR count). The second kappa shape index (κ2) is 4.57. The molecule has 2 aromatic heterocycles. The van der Waals surface area contributed by atoms with Gasteiger partial charge in [-0.2, -0.15) is 0 Å². The van der Waals surface area contributed by atoms with Crippen molar-refractivity contribution in [3.8, 4) is 5.75 Å². The SMILES string of the molecule is COc1csc(C(N)c2sc(C)cc2C)c1. The molecular weight excluding hydrogens is 238 g/mol. The van der Waals surface area contributed by atoms with Crippen molar-refractivity contribution in [3.63, 3.8) is 0 Å². The Morgan fingerprint density at radius 3 is 2.56 bits per heavy atom. The van der Waals surface area contributed by atoms with Crippen LogP contribution >= 0.6 is 22.7 Å². The Bertz CT molecular complexity index is 487. The van der Waals surface area contributed by atoms with Crippen LogP contribution in [0.5, 0.6) is 5.75 Å². The van der Waals surface area contributed by atoms with Crippen LogP contribution in [0.4, 0.5) is 0 Å². The molecule has 0 aliphatic heterocycles. The molecule has 0 aliphatic carbocycles. The highest BCUT2D eigenvalue weighted by atomic mass is 32.1. The summed E-state index contributed by atoms with van der Waals surface area (Å²) < 4.78 is 5.17. The second-order valence-electron chi connectivity index (χ2n) is 3.77. The van der Waals surface area contributed by atoms with Crippen LogP contribution in [0.15, 0.2) is 17.5 Å². The van der Waals surface area contributed by atoms with E-state index in [9.17, 15) is 0 Å². The van der Waals surface area contributed by atoms with Crippen LogP contribution in [-0.2, 0) is 0 Å². The summed E-state index contributed by atoms with van der Waals surface area (Å²) in [4.78, 5) is 3.72. The minimum absolute atomic E-state index is 0.0207. The highest BCUT2D eigenvalue weighted by Crippen LogP contribution is 2.34. The largest absolute Gasteiger partial charge is 0.496 e. The first-order valence-corrected chi connectivity index (χ1v) is 6.76. The summed E-state index contributed by atoms with van der Waals surface area (Å²) in [5.74, 6) is 0.890. The summed E-state index contributed by atoms with van der Waals surface area (Å²) in [7, 11) is 1.68. The van der Waals surface area contributed by atoms with Gasteiger partial charge in [0, 0.05) is 20.0 Å². The molecule has 0 aliphatic rings. The molecule has 1 atom stereocenters. The number of hydrogen-bond donors (Lipinski definition) is 1. The summed E-state index contributed by atoms with van der Waals surface area (Å²) in [5, 5.41) is 1.99. The van der Waals surface area contributed by atoms with Crippen LogP contribution in [-0.4, -0.2) is 7.11 Å². The van der Waals surface area contributed by atoms with Crippen molar-refractivity contribution >= 4 is 22.7 Å². The zero-order valence-electron chi connectivity index (χ0n) is 9.61. The van der Waals surface area contributed by atoms with E-state index < -0.39 is 0 Å². The van der Waals surface area contributed by atoms with Gasteiger partial charge in [0.25, 0.3) is 0 Å². The highest BCUT2D eigenvalue weighted by molar-refractivity contribution is 7.13. The van der Waals surface area contributed by atoms with Crippen LogP contribution in [0, 0.1) is 13.8 Å². The summed E-state index contributed by atoms with van der Waals surface area (Å²) in [6.45, 7) is 4.23. The van der Waals surface area contributed by atoms with Crippen LogP contribution in [0.1, 0.15) is 26.2 Å². The lowest BCUT2D eigenvalue weighted by Crippen LogP contribution is -2.09. The molecule has 0 saturated carbocycles. The van der Waals surface area contributed by atoms with Crippen molar-refractivity contribution in [2.24, 2.45) is 5.73 Å². The maximum Gasteiger partial charge on any atom is 0.129 e.